The van der Waals surface area contributed by atoms with Crippen molar-refractivity contribution in [3.8, 4) is 0 Å². The van der Waals surface area contributed by atoms with Crippen molar-refractivity contribution in [2.24, 2.45) is 5.92 Å². The number of piperidine rings is 1. The molecule has 0 aromatic carbocycles. The number of nitrogens with zero attached hydrogens (tertiary/aromatic N) is 2. The Bertz CT molecular complexity index is 798. The molecule has 0 aliphatic carbocycles. The summed E-state index contributed by atoms with van der Waals surface area (Å²) in [5.41, 5.74) is 2.07. The summed E-state index contributed by atoms with van der Waals surface area (Å²) in [6.07, 6.45) is 5.09. The Morgan fingerprint density at radius 2 is 1.87 bits per heavy atom. The lowest BCUT2D eigenvalue weighted by Gasteiger charge is -2.32. The molecular formula is C23H36N4O4. The average molecular weight is 433 g/mol. The minimum atomic E-state index is -0.419. The third-order valence-corrected chi connectivity index (χ3v) is 6.36. The van der Waals surface area contributed by atoms with E-state index < -0.39 is 5.97 Å². The predicted molar refractivity (Wildman–Crippen MR) is 118 cm³/mol. The van der Waals surface area contributed by atoms with E-state index in [4.69, 9.17) is 4.74 Å². The summed E-state index contributed by atoms with van der Waals surface area (Å²) in [7, 11) is 0. The van der Waals surface area contributed by atoms with Crippen LogP contribution in [-0.4, -0.2) is 78.4 Å². The highest BCUT2D eigenvalue weighted by atomic mass is 16.5. The van der Waals surface area contributed by atoms with Crippen molar-refractivity contribution in [1.82, 2.24) is 20.1 Å². The third kappa shape index (κ3) is 5.67. The minimum absolute atomic E-state index is 0.0329. The van der Waals surface area contributed by atoms with Gasteiger partial charge < -0.3 is 24.8 Å². The number of H-pyrrole nitrogens is 1. The highest BCUT2D eigenvalue weighted by Crippen LogP contribution is 2.23. The average Bonchev–Trinajstić information content (AvgIpc) is 3.38. The number of hydrogen-bond acceptors (Lipinski definition) is 5. The summed E-state index contributed by atoms with van der Waals surface area (Å²) < 4.78 is 5.12. The quantitative estimate of drug-likeness (QED) is 0.485. The van der Waals surface area contributed by atoms with Gasteiger partial charge in [-0.3, -0.25) is 9.59 Å². The number of carbonyl (C=O) groups excluding carboxylic acids is 3. The standard InChI is InChI=1S/C23H36N4O4/c1-4-31-23(30)19-16(2)20(25-17(19)3)22(29)27-14-7-9-18(15-27)21(28)24-10-8-13-26-11-5-6-12-26/h18,25H,4-15H2,1-3H3,(H,24,28)/t18-/m1/s1. The van der Waals surface area contributed by atoms with Crippen LogP contribution in [0.1, 0.15) is 71.1 Å². The molecular weight excluding hydrogens is 396 g/mol. The van der Waals surface area contributed by atoms with Gasteiger partial charge in [0.15, 0.2) is 0 Å². The fraction of sp³-hybridized carbons (Fsp3) is 0.696. The molecule has 3 heterocycles. The van der Waals surface area contributed by atoms with Gasteiger partial charge in [-0.05, 0) is 78.1 Å². The number of aromatic amines is 1. The molecule has 1 aromatic heterocycles. The van der Waals surface area contributed by atoms with Crippen molar-refractivity contribution < 1.29 is 19.1 Å². The number of aromatic nitrogens is 1. The van der Waals surface area contributed by atoms with Gasteiger partial charge in [0.05, 0.1) is 18.1 Å². The Balaban J connectivity index is 1.54. The molecule has 2 saturated heterocycles. The lowest BCUT2D eigenvalue weighted by Crippen LogP contribution is -2.46. The van der Waals surface area contributed by atoms with E-state index >= 15 is 0 Å². The Hall–Kier alpha value is -2.35. The Morgan fingerprint density at radius 3 is 2.58 bits per heavy atom. The first kappa shape index (κ1) is 23.3. The normalized spacial score (nSPS) is 19.5. The zero-order valence-electron chi connectivity index (χ0n) is 19.1. The molecule has 31 heavy (non-hydrogen) atoms. The minimum Gasteiger partial charge on any atom is -0.462 e. The molecule has 2 aliphatic heterocycles. The monoisotopic (exact) mass is 432 g/mol. The fourth-order valence-electron chi connectivity index (χ4n) is 4.67. The van der Waals surface area contributed by atoms with Crippen molar-refractivity contribution in [2.75, 3.05) is 45.9 Å². The van der Waals surface area contributed by atoms with E-state index in [2.05, 4.69) is 15.2 Å². The van der Waals surface area contributed by atoms with Crippen molar-refractivity contribution in [2.45, 2.75) is 52.9 Å². The SMILES string of the molecule is CCOC(=O)c1c(C)[nH]c(C(=O)N2CCC[C@@H](C(=O)NCCCN3CCCC3)C2)c1C. The van der Waals surface area contributed by atoms with Gasteiger partial charge in [-0.1, -0.05) is 0 Å². The van der Waals surface area contributed by atoms with Gasteiger partial charge in [-0.15, -0.1) is 0 Å². The van der Waals surface area contributed by atoms with E-state index in [1.165, 1.54) is 25.9 Å². The molecule has 3 rings (SSSR count). The number of hydrogen-bond donors (Lipinski definition) is 2. The lowest BCUT2D eigenvalue weighted by molar-refractivity contribution is -0.126. The number of carbonyl (C=O) groups is 3. The molecule has 2 amide bonds. The Kier molecular flexibility index (Phi) is 8.12. The Morgan fingerprint density at radius 1 is 1.13 bits per heavy atom. The predicted octanol–water partition coefficient (Wildman–Crippen LogP) is 2.26. The number of rotatable bonds is 8. The molecule has 0 radical (unpaired) electrons. The van der Waals surface area contributed by atoms with Gasteiger partial charge >= 0.3 is 5.97 Å². The molecule has 0 unspecified atom stereocenters. The lowest BCUT2D eigenvalue weighted by atomic mass is 9.96. The van der Waals surface area contributed by atoms with Crippen LogP contribution in [0.3, 0.4) is 0 Å². The van der Waals surface area contributed by atoms with Gasteiger partial charge in [0.1, 0.15) is 5.69 Å². The first-order valence-corrected chi connectivity index (χ1v) is 11.6. The topological polar surface area (TPSA) is 94.7 Å². The van der Waals surface area contributed by atoms with Crippen LogP contribution in [0.4, 0.5) is 0 Å². The summed E-state index contributed by atoms with van der Waals surface area (Å²) in [4.78, 5) is 45.3. The summed E-state index contributed by atoms with van der Waals surface area (Å²) in [6.45, 7) is 10.6. The first-order chi connectivity index (χ1) is 14.9. The second-order valence-corrected chi connectivity index (χ2v) is 8.63. The second kappa shape index (κ2) is 10.8. The maximum atomic E-state index is 13.1. The van der Waals surface area contributed by atoms with Crippen molar-refractivity contribution in [3.63, 3.8) is 0 Å². The molecule has 0 spiro atoms. The van der Waals surface area contributed by atoms with Crippen LogP contribution in [0.2, 0.25) is 0 Å². The number of esters is 1. The molecule has 2 N–H and O–H groups in total. The molecule has 0 saturated carbocycles. The number of amides is 2. The van der Waals surface area contributed by atoms with Crippen molar-refractivity contribution >= 4 is 17.8 Å². The molecule has 2 fully saturated rings. The molecule has 1 aromatic rings. The van der Waals surface area contributed by atoms with Crippen LogP contribution in [0.15, 0.2) is 0 Å². The summed E-state index contributed by atoms with van der Waals surface area (Å²) in [6, 6.07) is 0. The van der Waals surface area contributed by atoms with Crippen LogP contribution in [0.5, 0.6) is 0 Å². The summed E-state index contributed by atoms with van der Waals surface area (Å²) in [5, 5.41) is 3.06. The van der Waals surface area contributed by atoms with Gasteiger partial charge in [0.2, 0.25) is 5.91 Å². The van der Waals surface area contributed by atoms with E-state index in [9.17, 15) is 14.4 Å². The molecule has 1 atom stereocenters. The molecule has 172 valence electrons. The third-order valence-electron chi connectivity index (χ3n) is 6.36. The van der Waals surface area contributed by atoms with E-state index in [-0.39, 0.29) is 24.3 Å². The molecule has 2 aliphatic rings. The van der Waals surface area contributed by atoms with E-state index in [0.29, 0.717) is 42.1 Å². The largest absolute Gasteiger partial charge is 0.462 e. The van der Waals surface area contributed by atoms with Crippen molar-refractivity contribution in [3.05, 3.63) is 22.5 Å². The number of aryl methyl sites for hydroxylation is 1. The molecule has 8 nitrogen and oxygen atoms in total. The first-order valence-electron chi connectivity index (χ1n) is 11.6. The van der Waals surface area contributed by atoms with Crippen molar-refractivity contribution in [1.29, 1.82) is 0 Å². The smallest absolute Gasteiger partial charge is 0.340 e. The summed E-state index contributed by atoms with van der Waals surface area (Å²) >= 11 is 0. The summed E-state index contributed by atoms with van der Waals surface area (Å²) in [5.74, 6) is -0.740. The zero-order chi connectivity index (χ0) is 22.4. The molecule has 8 heteroatoms. The maximum Gasteiger partial charge on any atom is 0.340 e. The maximum absolute atomic E-state index is 13.1. The van der Waals surface area contributed by atoms with Gasteiger partial charge in [0, 0.05) is 25.3 Å². The van der Waals surface area contributed by atoms with E-state index in [1.54, 1.807) is 25.7 Å². The van der Waals surface area contributed by atoms with E-state index in [0.717, 1.165) is 25.8 Å². The molecule has 0 bridgehead atoms. The number of nitrogens with one attached hydrogen (secondary N) is 2. The van der Waals surface area contributed by atoms with Crippen LogP contribution in [0.25, 0.3) is 0 Å². The van der Waals surface area contributed by atoms with Crippen LogP contribution in [0, 0.1) is 19.8 Å². The van der Waals surface area contributed by atoms with Gasteiger partial charge in [-0.2, -0.15) is 0 Å². The van der Waals surface area contributed by atoms with Crippen LogP contribution >= 0.6 is 0 Å². The zero-order valence-corrected chi connectivity index (χ0v) is 19.1. The number of ether oxygens (including phenoxy) is 1. The second-order valence-electron chi connectivity index (χ2n) is 8.63. The van der Waals surface area contributed by atoms with Crippen LogP contribution in [-0.2, 0) is 9.53 Å². The highest BCUT2D eigenvalue weighted by Gasteiger charge is 2.31. The van der Waals surface area contributed by atoms with Crippen LogP contribution < -0.4 is 5.32 Å². The highest BCUT2D eigenvalue weighted by molar-refractivity contribution is 6.00. The van der Waals surface area contributed by atoms with E-state index in [1.807, 2.05) is 0 Å². The van der Waals surface area contributed by atoms with Gasteiger partial charge in [-0.25, -0.2) is 4.79 Å². The fourth-order valence-corrected chi connectivity index (χ4v) is 4.67. The Labute approximate surface area is 184 Å². The van der Waals surface area contributed by atoms with Gasteiger partial charge in [0.25, 0.3) is 5.91 Å². The number of likely N-dealkylation sites (tertiary alicyclic amines) is 2.